The van der Waals surface area contributed by atoms with Gasteiger partial charge < -0.3 is 4.74 Å². The Kier molecular flexibility index (Phi) is 4.57. The van der Waals surface area contributed by atoms with Crippen LogP contribution in [0.15, 0.2) is 39.9 Å². The van der Waals surface area contributed by atoms with E-state index in [2.05, 4.69) is 4.98 Å². The maximum absolute atomic E-state index is 13.3. The Morgan fingerprint density at radius 2 is 1.95 bits per heavy atom. The molecular formula is C13H12ClFN2O3. The van der Waals surface area contributed by atoms with Crippen LogP contribution in [0.5, 0.6) is 5.75 Å². The minimum absolute atomic E-state index is 0.0507. The molecule has 0 saturated heterocycles. The smallest absolute Gasteiger partial charge is 0.329 e. The second-order valence-electron chi connectivity index (χ2n) is 4.03. The van der Waals surface area contributed by atoms with Crippen LogP contribution in [-0.2, 0) is 6.54 Å². The number of hydrogen-bond donors (Lipinski definition) is 1. The molecule has 106 valence electrons. The first-order valence-electron chi connectivity index (χ1n) is 5.95. The van der Waals surface area contributed by atoms with Crippen LogP contribution >= 0.6 is 11.6 Å². The lowest BCUT2D eigenvalue weighted by molar-refractivity contribution is 0.299. The summed E-state index contributed by atoms with van der Waals surface area (Å²) in [4.78, 5) is 25.1. The highest BCUT2D eigenvalue weighted by Crippen LogP contribution is 2.08. The van der Waals surface area contributed by atoms with Gasteiger partial charge >= 0.3 is 5.69 Å². The summed E-state index contributed by atoms with van der Waals surface area (Å²) in [6.07, 6.45) is 0.388. The van der Waals surface area contributed by atoms with E-state index in [1.54, 1.807) is 12.1 Å². The lowest BCUT2D eigenvalue weighted by Crippen LogP contribution is -2.37. The highest BCUT2D eigenvalue weighted by molar-refractivity contribution is 6.29. The fourth-order valence-electron chi connectivity index (χ4n) is 1.65. The molecule has 0 saturated carbocycles. The van der Waals surface area contributed by atoms with E-state index in [1.807, 2.05) is 18.2 Å². The first-order chi connectivity index (χ1) is 9.59. The van der Waals surface area contributed by atoms with Gasteiger partial charge in [-0.1, -0.05) is 29.8 Å². The van der Waals surface area contributed by atoms with Crippen LogP contribution in [0.4, 0.5) is 4.39 Å². The molecule has 7 heteroatoms. The molecule has 0 aliphatic carbocycles. The van der Waals surface area contributed by atoms with Crippen molar-refractivity contribution in [3.8, 4) is 5.75 Å². The summed E-state index contributed by atoms with van der Waals surface area (Å²) in [5.41, 5.74) is -1.76. The lowest BCUT2D eigenvalue weighted by Gasteiger charge is -2.07. The van der Waals surface area contributed by atoms with Gasteiger partial charge in [0.2, 0.25) is 5.82 Å². The molecule has 0 bridgehead atoms. The summed E-state index contributed by atoms with van der Waals surface area (Å²) >= 11 is 5.36. The predicted octanol–water partition coefficient (Wildman–Crippen LogP) is 1.80. The minimum Gasteiger partial charge on any atom is -0.494 e. The molecule has 0 aliphatic heterocycles. The molecule has 1 N–H and O–H groups in total. The number of hydrogen-bond acceptors (Lipinski definition) is 3. The van der Waals surface area contributed by atoms with Crippen molar-refractivity contribution in [2.24, 2.45) is 0 Å². The molecule has 2 rings (SSSR count). The summed E-state index contributed by atoms with van der Waals surface area (Å²) in [6.45, 7) is 0.356. The summed E-state index contributed by atoms with van der Waals surface area (Å²) in [5, 5.41) is -0.572. The van der Waals surface area contributed by atoms with Crippen molar-refractivity contribution in [3.63, 3.8) is 0 Å². The number of benzene rings is 1. The zero-order valence-electron chi connectivity index (χ0n) is 10.4. The number of aromatic nitrogens is 2. The van der Waals surface area contributed by atoms with Gasteiger partial charge in [-0.25, -0.2) is 4.79 Å². The van der Waals surface area contributed by atoms with Crippen LogP contribution in [0.1, 0.15) is 6.42 Å². The average molecular weight is 299 g/mol. The van der Waals surface area contributed by atoms with Crippen molar-refractivity contribution in [3.05, 3.63) is 62.1 Å². The number of rotatable bonds is 5. The number of nitrogens with zero attached hydrogens (tertiary/aromatic N) is 1. The summed E-state index contributed by atoms with van der Waals surface area (Å²) < 4.78 is 19.5. The molecule has 1 heterocycles. The Balaban J connectivity index is 1.97. The third-order valence-corrected chi connectivity index (χ3v) is 2.89. The molecule has 0 fully saturated rings. The van der Waals surface area contributed by atoms with Crippen LogP contribution in [0, 0.1) is 5.82 Å². The molecule has 1 aromatic carbocycles. The third-order valence-electron chi connectivity index (χ3n) is 2.63. The first-order valence-corrected chi connectivity index (χ1v) is 6.33. The van der Waals surface area contributed by atoms with Crippen molar-refractivity contribution in [2.75, 3.05) is 6.61 Å². The fraction of sp³-hybridized carbons (Fsp3) is 0.231. The van der Waals surface area contributed by atoms with Gasteiger partial charge in [0, 0.05) is 6.54 Å². The largest absolute Gasteiger partial charge is 0.494 e. The van der Waals surface area contributed by atoms with Gasteiger partial charge in [-0.2, -0.15) is 4.39 Å². The fourth-order valence-corrected chi connectivity index (χ4v) is 1.81. The summed E-state index contributed by atoms with van der Waals surface area (Å²) in [5.74, 6) is -0.466. The van der Waals surface area contributed by atoms with Gasteiger partial charge in [0.15, 0.2) is 5.15 Å². The average Bonchev–Trinajstić information content (AvgIpc) is 2.45. The molecule has 5 nitrogen and oxygen atoms in total. The zero-order chi connectivity index (χ0) is 14.5. The zero-order valence-corrected chi connectivity index (χ0v) is 11.2. The van der Waals surface area contributed by atoms with Crippen LogP contribution in [0.25, 0.3) is 0 Å². The molecule has 1 aromatic heterocycles. The Morgan fingerprint density at radius 1 is 1.25 bits per heavy atom. The van der Waals surface area contributed by atoms with E-state index in [0.29, 0.717) is 18.8 Å². The van der Waals surface area contributed by atoms with Gasteiger partial charge in [-0.05, 0) is 18.6 Å². The third kappa shape index (κ3) is 3.27. The quantitative estimate of drug-likeness (QED) is 0.676. The standard InChI is InChI=1S/C13H12ClFN2O3/c14-11-10(15)12(18)17(13(19)16-11)7-4-8-20-9-5-2-1-3-6-9/h1-3,5-6H,4,7-8H2,(H,16,19). The number of halogens is 2. The van der Waals surface area contributed by atoms with Crippen LogP contribution in [0.2, 0.25) is 5.15 Å². The van der Waals surface area contributed by atoms with Crippen molar-refractivity contribution in [1.82, 2.24) is 9.55 Å². The Morgan fingerprint density at radius 3 is 2.65 bits per heavy atom. The Hall–Kier alpha value is -2.08. The molecule has 0 amide bonds. The van der Waals surface area contributed by atoms with Crippen LogP contribution < -0.4 is 16.0 Å². The van der Waals surface area contributed by atoms with Crippen molar-refractivity contribution in [1.29, 1.82) is 0 Å². The molecule has 2 aromatic rings. The summed E-state index contributed by atoms with van der Waals surface area (Å²) in [7, 11) is 0. The maximum Gasteiger partial charge on any atom is 0.329 e. The highest BCUT2D eigenvalue weighted by Gasteiger charge is 2.11. The van der Waals surface area contributed by atoms with Crippen LogP contribution in [0.3, 0.4) is 0 Å². The van der Waals surface area contributed by atoms with Gasteiger partial charge in [0.1, 0.15) is 5.75 Å². The molecule has 0 spiro atoms. The topological polar surface area (TPSA) is 64.1 Å². The Bertz CT molecular complexity index is 697. The number of para-hydroxylation sites is 1. The second-order valence-corrected chi connectivity index (χ2v) is 4.41. The molecule has 0 atom stereocenters. The molecule has 0 unspecified atom stereocenters. The number of H-pyrrole nitrogens is 1. The lowest BCUT2D eigenvalue weighted by atomic mass is 10.3. The number of ether oxygens (including phenoxy) is 1. The van der Waals surface area contributed by atoms with E-state index in [0.717, 1.165) is 4.57 Å². The second kappa shape index (κ2) is 6.38. The van der Waals surface area contributed by atoms with Crippen molar-refractivity contribution in [2.45, 2.75) is 13.0 Å². The van der Waals surface area contributed by atoms with E-state index >= 15 is 0 Å². The van der Waals surface area contributed by atoms with Crippen molar-refractivity contribution >= 4 is 11.6 Å². The SMILES string of the molecule is O=c1[nH]c(Cl)c(F)c(=O)n1CCCOc1ccccc1. The van der Waals surface area contributed by atoms with E-state index in [9.17, 15) is 14.0 Å². The maximum atomic E-state index is 13.3. The van der Waals surface area contributed by atoms with E-state index in [-0.39, 0.29) is 6.54 Å². The highest BCUT2D eigenvalue weighted by atomic mass is 35.5. The van der Waals surface area contributed by atoms with Gasteiger partial charge in [0.25, 0.3) is 5.56 Å². The molecule has 0 radical (unpaired) electrons. The molecule has 0 aliphatic rings. The van der Waals surface area contributed by atoms with E-state index in [1.165, 1.54) is 0 Å². The van der Waals surface area contributed by atoms with Gasteiger partial charge in [-0.3, -0.25) is 14.3 Å². The predicted molar refractivity (Wildman–Crippen MR) is 72.8 cm³/mol. The monoisotopic (exact) mass is 298 g/mol. The normalized spacial score (nSPS) is 10.5. The van der Waals surface area contributed by atoms with Crippen LogP contribution in [-0.4, -0.2) is 16.2 Å². The van der Waals surface area contributed by atoms with Gasteiger partial charge in [0.05, 0.1) is 6.61 Å². The summed E-state index contributed by atoms with van der Waals surface area (Å²) in [6, 6.07) is 9.11. The Labute approximate surface area is 118 Å². The number of nitrogens with one attached hydrogen (secondary N) is 1. The van der Waals surface area contributed by atoms with Gasteiger partial charge in [-0.15, -0.1) is 0 Å². The molecular weight excluding hydrogens is 287 g/mol. The van der Waals surface area contributed by atoms with E-state index < -0.39 is 22.2 Å². The van der Waals surface area contributed by atoms with E-state index in [4.69, 9.17) is 16.3 Å². The first kappa shape index (κ1) is 14.3. The minimum atomic E-state index is -1.16. The molecule has 20 heavy (non-hydrogen) atoms. The van der Waals surface area contributed by atoms with Crippen molar-refractivity contribution < 1.29 is 9.13 Å². The number of aromatic amines is 1.